The zero-order chi connectivity index (χ0) is 18.5. The number of halogens is 3. The van der Waals surface area contributed by atoms with Crippen LogP contribution in [-0.2, 0) is 48.5 Å². The largest absolute Gasteiger partial charge is 0.395 e. The van der Waals surface area contributed by atoms with Gasteiger partial charge in [-0.2, -0.15) is 19.2 Å². The molecule has 8 heteroatoms. The summed E-state index contributed by atoms with van der Waals surface area (Å²) in [6, 6.07) is 5.58. The van der Waals surface area contributed by atoms with Crippen LogP contribution in [0.4, 0.5) is 18.9 Å². The molecule has 2 amide bonds. The van der Waals surface area contributed by atoms with Crippen molar-refractivity contribution in [2.24, 2.45) is 10.8 Å². The average molecular weight is 426 g/mol. The van der Waals surface area contributed by atoms with Gasteiger partial charge in [0.15, 0.2) is 0 Å². The third kappa shape index (κ3) is 3.15. The monoisotopic (exact) mass is 426 g/mol. The first-order valence-corrected chi connectivity index (χ1v) is 7.34. The number of nitrogens with zero attached hydrogens (tertiary/aromatic N) is 2. The Hall–Kier alpha value is -1.26. The maximum Gasteiger partial charge on any atom is 0.395 e. The number of amides is 2. The normalized spacial score (nSPS) is 22.6. The Morgan fingerprint density at radius 3 is 2.16 bits per heavy atom. The van der Waals surface area contributed by atoms with Crippen LogP contribution in [0.2, 0.25) is 0 Å². The molecule has 1 radical (unpaired) electrons. The molecule has 0 bridgehead atoms. The predicted molar refractivity (Wildman–Crippen MR) is 79.7 cm³/mol. The van der Waals surface area contributed by atoms with Gasteiger partial charge in [0.2, 0.25) is 11.8 Å². The molecule has 1 aliphatic rings. The molecule has 0 saturated carbocycles. The van der Waals surface area contributed by atoms with E-state index in [1.807, 2.05) is 6.07 Å². The van der Waals surface area contributed by atoms with Crippen LogP contribution in [-0.4, -0.2) is 11.8 Å². The van der Waals surface area contributed by atoms with Crippen molar-refractivity contribution >= 4 is 17.5 Å². The van der Waals surface area contributed by atoms with Crippen molar-refractivity contribution in [3.63, 3.8) is 0 Å². The first kappa shape index (κ1) is 21.8. The molecular weight excluding hydrogens is 410 g/mol. The van der Waals surface area contributed by atoms with Crippen molar-refractivity contribution in [1.82, 2.24) is 0 Å². The predicted octanol–water partition coefficient (Wildman–Crippen LogP) is 3.69. The number of imide groups is 1. The van der Waals surface area contributed by atoms with Crippen LogP contribution in [0, 0.1) is 28.2 Å². The van der Waals surface area contributed by atoms with E-state index >= 15 is 0 Å². The van der Waals surface area contributed by atoms with E-state index in [0.717, 1.165) is 17.0 Å². The second kappa shape index (κ2) is 6.81. The Labute approximate surface area is 169 Å². The molecule has 1 aliphatic heterocycles. The van der Waals surface area contributed by atoms with E-state index in [1.54, 1.807) is 27.7 Å². The average Bonchev–Trinajstić information content (AvgIpc) is 2.64. The van der Waals surface area contributed by atoms with Gasteiger partial charge >= 0.3 is 6.18 Å². The molecule has 1 fully saturated rings. The zero-order valence-electron chi connectivity index (χ0n) is 14.3. The Morgan fingerprint density at radius 2 is 1.76 bits per heavy atom. The van der Waals surface area contributed by atoms with Crippen molar-refractivity contribution in [2.45, 2.75) is 40.3 Å². The minimum atomic E-state index is -4.81. The zero-order valence-corrected chi connectivity index (χ0v) is 17.1. The number of hydrogen-bond acceptors (Lipinski definition) is 3. The number of alkyl halides is 3. The summed E-state index contributed by atoms with van der Waals surface area (Å²) in [5.74, 6) is -1.14. The maximum absolute atomic E-state index is 13.1. The second-order valence-corrected chi connectivity index (χ2v) is 6.50. The summed E-state index contributed by atoms with van der Waals surface area (Å²) in [4.78, 5) is 26.2. The van der Waals surface area contributed by atoms with Crippen LogP contribution in [0.1, 0.15) is 45.2 Å². The van der Waals surface area contributed by atoms with Crippen LogP contribution in [0.15, 0.2) is 12.1 Å². The molecule has 0 aromatic heterocycles. The number of benzene rings is 1. The standard InChI is InChI=1S/C17H16F3N2O2.Y/c1-5-16(4)14(24)22(13(23)15(16,2)3)11-7-6-10(9-21)12(8-11)17(18,19)20;/h6-7H,5H2,1-4H3;/q-1;. The fourth-order valence-electron chi connectivity index (χ4n) is 2.86. The van der Waals surface area contributed by atoms with Crippen LogP contribution in [0.25, 0.3) is 0 Å². The van der Waals surface area contributed by atoms with Crippen LogP contribution >= 0.6 is 0 Å². The van der Waals surface area contributed by atoms with Gasteiger partial charge < -0.3 is 0 Å². The second-order valence-electron chi connectivity index (χ2n) is 6.50. The number of anilines is 1. The summed E-state index contributed by atoms with van der Waals surface area (Å²) in [7, 11) is 0. The number of carbonyl (C=O) groups is 2. The van der Waals surface area contributed by atoms with Gasteiger partial charge in [-0.25, -0.2) is 5.26 Å². The smallest absolute Gasteiger partial charge is 0.274 e. The molecule has 1 aromatic rings. The number of carbonyl (C=O) groups excluding carboxylic acids is 2. The number of rotatable bonds is 2. The summed E-state index contributed by atoms with van der Waals surface area (Å²) < 4.78 is 39.3. The van der Waals surface area contributed by atoms with E-state index in [9.17, 15) is 22.8 Å². The number of nitriles is 1. The van der Waals surface area contributed by atoms with Gasteiger partial charge in [-0.05, 0) is 38.3 Å². The first-order chi connectivity index (χ1) is 10.9. The van der Waals surface area contributed by atoms with Crippen molar-refractivity contribution in [3.05, 3.63) is 29.3 Å². The van der Waals surface area contributed by atoms with E-state index < -0.39 is 39.9 Å². The summed E-state index contributed by atoms with van der Waals surface area (Å²) in [5, 5.41) is 8.83. The summed E-state index contributed by atoms with van der Waals surface area (Å²) in [6.45, 7) is 6.58. The fourth-order valence-corrected chi connectivity index (χ4v) is 2.86. The van der Waals surface area contributed by atoms with E-state index in [-0.39, 0.29) is 38.4 Å². The fraction of sp³-hybridized carbons (Fsp3) is 0.471. The van der Waals surface area contributed by atoms with Crippen LogP contribution in [0.3, 0.4) is 0 Å². The molecular formula is C17H16F3N2O2Y-. The molecule has 0 aliphatic carbocycles. The minimum absolute atomic E-state index is 0. The van der Waals surface area contributed by atoms with Crippen molar-refractivity contribution in [3.8, 4) is 6.07 Å². The summed E-state index contributed by atoms with van der Waals surface area (Å²) >= 11 is 0. The Balaban J connectivity index is 0.00000312. The van der Waals surface area contributed by atoms with Crippen molar-refractivity contribution < 1.29 is 55.5 Å². The molecule has 1 unspecified atom stereocenters. The van der Waals surface area contributed by atoms with Gasteiger partial charge in [-0.15, -0.1) is 12.1 Å². The Morgan fingerprint density at radius 1 is 1.20 bits per heavy atom. The van der Waals surface area contributed by atoms with E-state index in [2.05, 4.69) is 0 Å². The Bertz CT molecular complexity index is 768. The van der Waals surface area contributed by atoms with Gasteiger partial charge in [-0.1, -0.05) is 12.6 Å². The van der Waals surface area contributed by atoms with Crippen LogP contribution in [0.5, 0.6) is 0 Å². The van der Waals surface area contributed by atoms with Gasteiger partial charge in [0.05, 0.1) is 10.8 Å². The molecule has 1 heterocycles. The van der Waals surface area contributed by atoms with E-state index in [4.69, 9.17) is 5.26 Å². The quantitative estimate of drug-likeness (QED) is 0.536. The van der Waals surface area contributed by atoms with Crippen molar-refractivity contribution in [2.75, 3.05) is 4.90 Å². The molecule has 131 valence electrons. The van der Waals surface area contributed by atoms with Gasteiger partial charge in [0.25, 0.3) is 0 Å². The summed E-state index contributed by atoms with van der Waals surface area (Å²) in [5.41, 5.74) is -4.26. The molecule has 0 N–H and O–H groups in total. The third-order valence-electron chi connectivity index (χ3n) is 5.07. The molecule has 1 saturated heterocycles. The summed E-state index contributed by atoms with van der Waals surface area (Å²) in [6.07, 6.45) is -4.44. The minimum Gasteiger partial charge on any atom is -0.274 e. The van der Waals surface area contributed by atoms with Gasteiger partial charge in [0.1, 0.15) is 0 Å². The third-order valence-corrected chi connectivity index (χ3v) is 5.07. The maximum atomic E-state index is 13.1. The molecule has 1 atom stereocenters. The first-order valence-electron chi connectivity index (χ1n) is 7.34. The van der Waals surface area contributed by atoms with Gasteiger partial charge in [-0.3, -0.25) is 14.5 Å². The molecule has 1 aromatic carbocycles. The van der Waals surface area contributed by atoms with E-state index in [1.165, 1.54) is 6.07 Å². The van der Waals surface area contributed by atoms with Gasteiger partial charge in [0, 0.05) is 38.8 Å². The van der Waals surface area contributed by atoms with Crippen LogP contribution < -0.4 is 4.90 Å². The molecule has 0 spiro atoms. The molecule has 2 rings (SSSR count). The Kier molecular flexibility index (Phi) is 5.93. The van der Waals surface area contributed by atoms with E-state index in [0.29, 0.717) is 6.42 Å². The van der Waals surface area contributed by atoms with Crippen molar-refractivity contribution in [1.29, 1.82) is 5.26 Å². The molecule has 4 nitrogen and oxygen atoms in total. The topological polar surface area (TPSA) is 61.2 Å². The molecule has 25 heavy (non-hydrogen) atoms. The SMILES string of the molecule is CCC1(C)C(=O)N(c2[c-]c(C(F)(F)F)c(C#N)cc2)C(=O)C1(C)C.[Y]. The number of hydrogen-bond donors (Lipinski definition) is 0.